The number of hydrogen-bond acceptors (Lipinski definition) is 2. The Morgan fingerprint density at radius 1 is 1.17 bits per heavy atom. The minimum absolute atomic E-state index is 0.415. The molecule has 5 heteroatoms. The van der Waals surface area contributed by atoms with Crippen LogP contribution in [0.25, 0.3) is 10.8 Å². The number of amides is 1. The molecule has 0 fully saturated rings. The molecule has 0 unspecified atom stereocenters. The summed E-state index contributed by atoms with van der Waals surface area (Å²) in [5.74, 6) is 0.643. The summed E-state index contributed by atoms with van der Waals surface area (Å²) in [7, 11) is 0. The van der Waals surface area contributed by atoms with Crippen LogP contribution in [0, 0.1) is 6.92 Å². The number of fused-ring (bicyclic) bond motifs is 1. The van der Waals surface area contributed by atoms with Gasteiger partial charge in [-0.15, -0.1) is 0 Å². The molecule has 2 N–H and O–H groups in total. The minimum Gasteiger partial charge on any atom is -0.488 e. The molecule has 0 saturated carbocycles. The zero-order valence-corrected chi connectivity index (χ0v) is 14.6. The Morgan fingerprint density at radius 3 is 2.62 bits per heavy atom. The first kappa shape index (κ1) is 16.3. The predicted octanol–water partition coefficient (Wildman–Crippen LogP) is 5.58. The molecule has 3 aromatic carbocycles. The number of rotatable bonds is 4. The van der Waals surface area contributed by atoms with Crippen LogP contribution >= 0.6 is 15.9 Å². The van der Waals surface area contributed by atoms with E-state index in [0.717, 1.165) is 21.9 Å². The Morgan fingerprint density at radius 2 is 1.92 bits per heavy atom. The van der Waals surface area contributed by atoms with Gasteiger partial charge in [0.1, 0.15) is 12.4 Å². The third kappa shape index (κ3) is 3.36. The van der Waals surface area contributed by atoms with E-state index in [1.807, 2.05) is 55.5 Å². The molecule has 0 saturated heterocycles. The lowest BCUT2D eigenvalue weighted by Gasteiger charge is -2.15. The van der Waals surface area contributed by atoms with Gasteiger partial charge < -0.3 is 9.84 Å². The highest BCUT2D eigenvalue weighted by molar-refractivity contribution is 9.10. The second-order valence-electron chi connectivity index (χ2n) is 5.44. The lowest BCUT2D eigenvalue weighted by Crippen LogP contribution is -2.08. The van der Waals surface area contributed by atoms with Crippen molar-refractivity contribution in [2.45, 2.75) is 13.5 Å². The fourth-order valence-corrected chi connectivity index (χ4v) is 3.37. The number of aryl methyl sites for hydroxylation is 1. The Labute approximate surface area is 148 Å². The van der Waals surface area contributed by atoms with Crippen molar-refractivity contribution in [2.75, 3.05) is 5.32 Å². The van der Waals surface area contributed by atoms with Gasteiger partial charge >= 0.3 is 6.09 Å². The molecule has 0 aliphatic heterocycles. The number of nitrogens with one attached hydrogen (secondary N) is 1. The van der Waals surface area contributed by atoms with Crippen LogP contribution < -0.4 is 10.1 Å². The van der Waals surface area contributed by atoms with Crippen LogP contribution in [-0.4, -0.2) is 11.2 Å². The Kier molecular flexibility index (Phi) is 4.71. The topological polar surface area (TPSA) is 58.6 Å². The standard InChI is InChI=1S/C19H16BrNO3/c1-12-6-5-9-14-16(24-11-13-7-3-2-4-8-13)10-15(21-19(22)23)18(20)17(12)14/h2-10,21H,11H2,1H3,(H,22,23). The SMILES string of the molecule is Cc1cccc2c(OCc3ccccc3)cc(NC(=O)O)c(Br)c12. The molecular weight excluding hydrogens is 370 g/mol. The summed E-state index contributed by atoms with van der Waals surface area (Å²) in [6.45, 7) is 2.40. The van der Waals surface area contributed by atoms with E-state index in [4.69, 9.17) is 9.84 Å². The molecule has 0 spiro atoms. The lowest BCUT2D eigenvalue weighted by molar-refractivity contribution is 0.209. The van der Waals surface area contributed by atoms with Crippen molar-refractivity contribution in [2.24, 2.45) is 0 Å². The number of hydrogen-bond donors (Lipinski definition) is 2. The summed E-state index contributed by atoms with van der Waals surface area (Å²) in [6, 6.07) is 17.5. The molecule has 0 heterocycles. The summed E-state index contributed by atoms with van der Waals surface area (Å²) >= 11 is 3.51. The number of halogens is 1. The van der Waals surface area contributed by atoms with E-state index in [0.29, 0.717) is 22.5 Å². The van der Waals surface area contributed by atoms with Crippen LogP contribution in [0.4, 0.5) is 10.5 Å². The van der Waals surface area contributed by atoms with Gasteiger partial charge in [0.15, 0.2) is 0 Å². The largest absolute Gasteiger partial charge is 0.488 e. The van der Waals surface area contributed by atoms with Gasteiger partial charge in [-0.3, -0.25) is 5.32 Å². The molecule has 0 aliphatic carbocycles. The number of carboxylic acid groups (broad SMARTS) is 1. The van der Waals surface area contributed by atoms with Crippen LogP contribution in [0.3, 0.4) is 0 Å². The third-order valence-corrected chi connectivity index (χ3v) is 4.57. The van der Waals surface area contributed by atoms with Gasteiger partial charge in [-0.05, 0) is 34.0 Å². The Bertz CT molecular complexity index is 894. The zero-order valence-electron chi connectivity index (χ0n) is 13.0. The van der Waals surface area contributed by atoms with E-state index in [9.17, 15) is 4.79 Å². The number of ether oxygens (including phenoxy) is 1. The van der Waals surface area contributed by atoms with Gasteiger partial charge in [0.2, 0.25) is 0 Å². The van der Waals surface area contributed by atoms with E-state index >= 15 is 0 Å². The van der Waals surface area contributed by atoms with Gasteiger partial charge in [-0.25, -0.2) is 4.79 Å². The van der Waals surface area contributed by atoms with Crippen LogP contribution in [0.2, 0.25) is 0 Å². The molecule has 0 bridgehead atoms. The zero-order chi connectivity index (χ0) is 17.1. The molecule has 4 nitrogen and oxygen atoms in total. The van der Waals surface area contributed by atoms with Crippen molar-refractivity contribution >= 4 is 38.5 Å². The maximum absolute atomic E-state index is 11.1. The predicted molar refractivity (Wildman–Crippen MR) is 98.8 cm³/mol. The monoisotopic (exact) mass is 385 g/mol. The van der Waals surface area contributed by atoms with Gasteiger partial charge in [0.05, 0.1) is 5.69 Å². The number of anilines is 1. The first-order chi connectivity index (χ1) is 11.6. The van der Waals surface area contributed by atoms with Crippen molar-refractivity contribution < 1.29 is 14.6 Å². The minimum atomic E-state index is -1.11. The van der Waals surface area contributed by atoms with Crippen LogP contribution in [-0.2, 0) is 6.61 Å². The van der Waals surface area contributed by atoms with Gasteiger partial charge in [0.25, 0.3) is 0 Å². The molecular formula is C19H16BrNO3. The summed E-state index contributed by atoms with van der Waals surface area (Å²) in [4.78, 5) is 11.1. The van der Waals surface area contributed by atoms with Crippen molar-refractivity contribution in [3.05, 3.63) is 70.2 Å². The summed E-state index contributed by atoms with van der Waals surface area (Å²) in [6.07, 6.45) is -1.11. The van der Waals surface area contributed by atoms with Crippen LogP contribution in [0.5, 0.6) is 5.75 Å². The average molecular weight is 386 g/mol. The van der Waals surface area contributed by atoms with Gasteiger partial charge in [-0.1, -0.05) is 48.5 Å². The summed E-state index contributed by atoms with van der Waals surface area (Å²) in [5, 5.41) is 13.4. The van der Waals surface area contributed by atoms with Crippen molar-refractivity contribution in [3.8, 4) is 5.75 Å². The van der Waals surface area contributed by atoms with E-state index in [-0.39, 0.29) is 0 Å². The van der Waals surface area contributed by atoms with Gasteiger partial charge in [0, 0.05) is 21.3 Å². The Hall–Kier alpha value is -2.53. The van der Waals surface area contributed by atoms with Crippen LogP contribution in [0.1, 0.15) is 11.1 Å². The molecule has 0 radical (unpaired) electrons. The molecule has 3 rings (SSSR count). The van der Waals surface area contributed by atoms with Crippen molar-refractivity contribution in [3.63, 3.8) is 0 Å². The molecule has 0 aromatic heterocycles. The van der Waals surface area contributed by atoms with Crippen molar-refractivity contribution in [1.29, 1.82) is 0 Å². The van der Waals surface area contributed by atoms with E-state index < -0.39 is 6.09 Å². The normalized spacial score (nSPS) is 10.6. The maximum atomic E-state index is 11.1. The Balaban J connectivity index is 2.06. The van der Waals surface area contributed by atoms with Crippen LogP contribution in [0.15, 0.2) is 59.1 Å². The highest BCUT2D eigenvalue weighted by atomic mass is 79.9. The quantitative estimate of drug-likeness (QED) is 0.616. The average Bonchev–Trinajstić information content (AvgIpc) is 2.56. The highest BCUT2D eigenvalue weighted by Gasteiger charge is 2.14. The lowest BCUT2D eigenvalue weighted by atomic mass is 10.0. The smallest absolute Gasteiger partial charge is 0.409 e. The summed E-state index contributed by atoms with van der Waals surface area (Å²) < 4.78 is 6.70. The first-order valence-electron chi connectivity index (χ1n) is 7.45. The number of benzene rings is 3. The molecule has 3 aromatic rings. The molecule has 24 heavy (non-hydrogen) atoms. The van der Waals surface area contributed by atoms with Crippen molar-refractivity contribution in [1.82, 2.24) is 0 Å². The van der Waals surface area contributed by atoms with E-state index in [2.05, 4.69) is 21.2 Å². The molecule has 1 amide bonds. The molecule has 0 atom stereocenters. The number of carbonyl (C=O) groups is 1. The van der Waals surface area contributed by atoms with E-state index in [1.165, 1.54) is 0 Å². The summed E-state index contributed by atoms with van der Waals surface area (Å²) in [5.41, 5.74) is 2.55. The fourth-order valence-electron chi connectivity index (χ4n) is 2.63. The molecule has 0 aliphatic rings. The second kappa shape index (κ2) is 6.93. The first-order valence-corrected chi connectivity index (χ1v) is 8.24. The molecule has 122 valence electrons. The second-order valence-corrected chi connectivity index (χ2v) is 6.23. The van der Waals surface area contributed by atoms with Gasteiger partial charge in [-0.2, -0.15) is 0 Å². The highest BCUT2D eigenvalue weighted by Crippen LogP contribution is 2.40. The fraction of sp³-hybridized carbons (Fsp3) is 0.105. The van der Waals surface area contributed by atoms with E-state index in [1.54, 1.807) is 6.07 Å². The third-order valence-electron chi connectivity index (χ3n) is 3.75. The maximum Gasteiger partial charge on any atom is 0.409 e.